The van der Waals surface area contributed by atoms with Gasteiger partial charge in [0, 0.05) is 44.0 Å². The van der Waals surface area contributed by atoms with E-state index in [-0.39, 0.29) is 0 Å². The Kier molecular flexibility index (Phi) is 4.23. The Morgan fingerprint density at radius 3 is 2.33 bits per heavy atom. The summed E-state index contributed by atoms with van der Waals surface area (Å²) >= 11 is 0. The Hall–Kier alpha value is -1.06. The highest BCUT2D eigenvalue weighted by Crippen LogP contribution is 2.35. The molecule has 1 aromatic rings. The Morgan fingerprint density at radius 1 is 1.05 bits per heavy atom. The molecule has 0 amide bonds. The van der Waals surface area contributed by atoms with Crippen LogP contribution >= 0.6 is 0 Å². The summed E-state index contributed by atoms with van der Waals surface area (Å²) in [5.74, 6) is 0. The molecular formula is C18H29N3. The van der Waals surface area contributed by atoms with Crippen LogP contribution in [0.1, 0.15) is 36.8 Å². The zero-order chi connectivity index (χ0) is 14.9. The van der Waals surface area contributed by atoms with E-state index in [1.54, 1.807) is 0 Å². The fraction of sp³-hybridized carbons (Fsp3) is 0.667. The van der Waals surface area contributed by atoms with E-state index in [4.69, 9.17) is 5.73 Å². The molecule has 2 aliphatic rings. The smallest absolute Gasteiger partial charge is 0.0399 e. The molecular weight excluding hydrogens is 258 g/mol. The first kappa shape index (κ1) is 14.9. The van der Waals surface area contributed by atoms with E-state index < -0.39 is 0 Å². The summed E-state index contributed by atoms with van der Waals surface area (Å²) < 4.78 is 0. The normalized spacial score (nSPS) is 22.7. The van der Waals surface area contributed by atoms with Gasteiger partial charge in [-0.05, 0) is 43.9 Å². The van der Waals surface area contributed by atoms with Gasteiger partial charge in [0.05, 0.1) is 0 Å². The molecule has 21 heavy (non-hydrogen) atoms. The first-order chi connectivity index (χ1) is 10.2. The van der Waals surface area contributed by atoms with Gasteiger partial charge in [-0.25, -0.2) is 0 Å². The molecule has 3 rings (SSSR count). The quantitative estimate of drug-likeness (QED) is 0.928. The van der Waals surface area contributed by atoms with Crippen molar-refractivity contribution in [2.45, 2.75) is 45.1 Å². The number of nitrogens with zero attached hydrogens (tertiary/aromatic N) is 2. The predicted molar refractivity (Wildman–Crippen MR) is 90.0 cm³/mol. The molecule has 0 aromatic heterocycles. The summed E-state index contributed by atoms with van der Waals surface area (Å²) in [6, 6.07) is 6.66. The van der Waals surface area contributed by atoms with Crippen LogP contribution in [-0.4, -0.2) is 43.2 Å². The summed E-state index contributed by atoms with van der Waals surface area (Å²) in [6.07, 6.45) is 5.31. The van der Waals surface area contributed by atoms with Crippen molar-refractivity contribution in [3.8, 4) is 0 Å². The topological polar surface area (TPSA) is 32.5 Å². The highest BCUT2D eigenvalue weighted by Gasteiger charge is 2.39. The van der Waals surface area contributed by atoms with Crippen LogP contribution in [0.5, 0.6) is 0 Å². The van der Waals surface area contributed by atoms with E-state index in [0.717, 1.165) is 32.7 Å². The molecule has 3 nitrogen and oxygen atoms in total. The highest BCUT2D eigenvalue weighted by atomic mass is 15.3. The van der Waals surface area contributed by atoms with Gasteiger partial charge in [0.15, 0.2) is 0 Å². The second-order valence-electron chi connectivity index (χ2n) is 6.83. The minimum atomic E-state index is 0.313. The Balaban J connectivity index is 1.69. The number of anilines is 1. The van der Waals surface area contributed by atoms with Crippen LogP contribution in [0.15, 0.2) is 18.2 Å². The second kappa shape index (κ2) is 5.98. The van der Waals surface area contributed by atoms with Gasteiger partial charge in [-0.1, -0.05) is 25.0 Å². The van der Waals surface area contributed by atoms with Crippen LogP contribution < -0.4 is 10.6 Å². The summed E-state index contributed by atoms with van der Waals surface area (Å²) in [6.45, 7) is 9.86. The first-order valence-corrected chi connectivity index (χ1v) is 8.43. The molecule has 1 heterocycles. The molecule has 0 spiro atoms. The first-order valence-electron chi connectivity index (χ1n) is 8.43. The minimum Gasteiger partial charge on any atom is -0.369 e. The second-order valence-corrected chi connectivity index (χ2v) is 6.83. The number of nitrogens with two attached hydrogens (primary N) is 1. The van der Waals surface area contributed by atoms with Crippen molar-refractivity contribution in [3.63, 3.8) is 0 Å². The molecule has 2 N–H and O–H groups in total. The summed E-state index contributed by atoms with van der Waals surface area (Å²) in [5.41, 5.74) is 10.7. The van der Waals surface area contributed by atoms with Gasteiger partial charge in [-0.15, -0.1) is 0 Å². The lowest BCUT2D eigenvalue weighted by Gasteiger charge is -2.46. The molecule has 0 atom stereocenters. The maximum Gasteiger partial charge on any atom is 0.0399 e. The Morgan fingerprint density at radius 2 is 1.71 bits per heavy atom. The van der Waals surface area contributed by atoms with Gasteiger partial charge in [-0.2, -0.15) is 0 Å². The number of piperazine rings is 1. The van der Waals surface area contributed by atoms with Gasteiger partial charge in [0.2, 0.25) is 0 Å². The van der Waals surface area contributed by atoms with Crippen molar-refractivity contribution in [1.82, 2.24) is 4.90 Å². The lowest BCUT2D eigenvalue weighted by Crippen LogP contribution is -2.59. The van der Waals surface area contributed by atoms with Crippen LogP contribution in [-0.2, 0) is 0 Å². The third-order valence-corrected chi connectivity index (χ3v) is 5.78. The van der Waals surface area contributed by atoms with E-state index in [0.29, 0.717) is 5.54 Å². The largest absolute Gasteiger partial charge is 0.369 e. The molecule has 1 aliphatic heterocycles. The van der Waals surface area contributed by atoms with Crippen LogP contribution in [0.25, 0.3) is 0 Å². The van der Waals surface area contributed by atoms with Crippen molar-refractivity contribution < 1.29 is 0 Å². The van der Waals surface area contributed by atoms with Crippen molar-refractivity contribution in [2.75, 3.05) is 37.6 Å². The minimum absolute atomic E-state index is 0.313. The maximum atomic E-state index is 6.13. The lowest BCUT2D eigenvalue weighted by atomic mass is 9.94. The number of rotatable bonds is 3. The fourth-order valence-electron chi connectivity index (χ4n) is 4.18. The van der Waals surface area contributed by atoms with Gasteiger partial charge in [0.1, 0.15) is 0 Å². The number of benzene rings is 1. The van der Waals surface area contributed by atoms with Crippen molar-refractivity contribution in [2.24, 2.45) is 5.73 Å². The molecule has 0 unspecified atom stereocenters. The fourth-order valence-corrected chi connectivity index (χ4v) is 4.18. The standard InChI is InChI=1S/C18H29N3/c1-15-6-5-7-17(16(15)2)20-10-12-21(13-11-20)18(14-19)8-3-4-9-18/h5-7H,3-4,8-14,19H2,1-2H3. The summed E-state index contributed by atoms with van der Waals surface area (Å²) in [4.78, 5) is 5.24. The van der Waals surface area contributed by atoms with Gasteiger partial charge in [-0.3, -0.25) is 4.90 Å². The van der Waals surface area contributed by atoms with Crippen LogP contribution in [0.2, 0.25) is 0 Å². The van der Waals surface area contributed by atoms with Crippen molar-refractivity contribution in [1.29, 1.82) is 0 Å². The molecule has 116 valence electrons. The van der Waals surface area contributed by atoms with Crippen molar-refractivity contribution in [3.05, 3.63) is 29.3 Å². The molecule has 0 bridgehead atoms. The molecule has 1 aliphatic carbocycles. The van der Waals surface area contributed by atoms with Gasteiger partial charge >= 0.3 is 0 Å². The van der Waals surface area contributed by atoms with Gasteiger partial charge < -0.3 is 10.6 Å². The Labute approximate surface area is 129 Å². The Bertz CT molecular complexity index is 483. The average molecular weight is 287 g/mol. The van der Waals surface area contributed by atoms with Crippen LogP contribution in [0.4, 0.5) is 5.69 Å². The highest BCUT2D eigenvalue weighted by molar-refractivity contribution is 5.56. The predicted octanol–water partition coefficient (Wildman–Crippen LogP) is 2.70. The molecule has 2 fully saturated rings. The van der Waals surface area contributed by atoms with E-state index in [2.05, 4.69) is 41.8 Å². The molecule has 1 saturated carbocycles. The third-order valence-electron chi connectivity index (χ3n) is 5.78. The van der Waals surface area contributed by atoms with Gasteiger partial charge in [0.25, 0.3) is 0 Å². The average Bonchev–Trinajstić information content (AvgIpc) is 3.00. The van der Waals surface area contributed by atoms with E-state index in [9.17, 15) is 0 Å². The number of hydrogen-bond acceptors (Lipinski definition) is 3. The molecule has 3 heteroatoms. The number of hydrogen-bond donors (Lipinski definition) is 1. The van der Waals surface area contributed by atoms with Crippen LogP contribution in [0.3, 0.4) is 0 Å². The summed E-state index contributed by atoms with van der Waals surface area (Å²) in [5, 5.41) is 0. The summed E-state index contributed by atoms with van der Waals surface area (Å²) in [7, 11) is 0. The number of aryl methyl sites for hydroxylation is 1. The maximum absolute atomic E-state index is 6.13. The van der Waals surface area contributed by atoms with E-state index in [1.165, 1.54) is 42.5 Å². The SMILES string of the molecule is Cc1cccc(N2CCN(C3(CN)CCCC3)CC2)c1C. The monoisotopic (exact) mass is 287 g/mol. The van der Waals surface area contributed by atoms with Crippen molar-refractivity contribution >= 4 is 5.69 Å². The lowest BCUT2D eigenvalue weighted by molar-refractivity contribution is 0.0920. The molecule has 1 saturated heterocycles. The third kappa shape index (κ3) is 2.69. The van der Waals surface area contributed by atoms with E-state index >= 15 is 0 Å². The zero-order valence-corrected chi connectivity index (χ0v) is 13.6. The van der Waals surface area contributed by atoms with E-state index in [1.807, 2.05) is 0 Å². The zero-order valence-electron chi connectivity index (χ0n) is 13.6. The molecule has 1 aromatic carbocycles. The molecule has 0 radical (unpaired) electrons. The van der Waals surface area contributed by atoms with Crippen LogP contribution in [0, 0.1) is 13.8 Å².